The highest BCUT2D eigenvalue weighted by Gasteiger charge is 2.08. The second-order valence-corrected chi connectivity index (χ2v) is 2.90. The molecule has 0 saturated heterocycles. The lowest BCUT2D eigenvalue weighted by Crippen LogP contribution is -2.33. The number of aliphatic hydroxyl groups excluding tert-OH is 1. The predicted molar refractivity (Wildman–Crippen MR) is 47.3 cm³/mol. The van der Waals surface area contributed by atoms with Crippen LogP contribution in [0.2, 0.25) is 0 Å². The third-order valence-electron chi connectivity index (χ3n) is 1.48. The van der Waals surface area contributed by atoms with Crippen molar-refractivity contribution >= 4 is 5.91 Å². The van der Waals surface area contributed by atoms with Gasteiger partial charge in [-0.1, -0.05) is 19.8 Å². The molecule has 0 heterocycles. The van der Waals surface area contributed by atoms with Gasteiger partial charge in [0.05, 0.1) is 6.10 Å². The molecule has 0 aromatic rings. The van der Waals surface area contributed by atoms with Crippen LogP contribution >= 0.6 is 0 Å². The van der Waals surface area contributed by atoms with Gasteiger partial charge in [0.15, 0.2) is 0 Å². The zero-order chi connectivity index (χ0) is 9.56. The zero-order valence-corrected chi connectivity index (χ0v) is 7.72. The third-order valence-corrected chi connectivity index (χ3v) is 1.48. The maximum atomic E-state index is 10.8. The summed E-state index contributed by atoms with van der Waals surface area (Å²) in [7, 11) is 0. The van der Waals surface area contributed by atoms with Crippen molar-refractivity contribution in [1.29, 1.82) is 0 Å². The number of nitrogens with one attached hydrogen (secondary N) is 1. The van der Waals surface area contributed by atoms with Crippen LogP contribution in [0.5, 0.6) is 0 Å². The van der Waals surface area contributed by atoms with Gasteiger partial charge in [-0.3, -0.25) is 4.79 Å². The molecule has 0 aromatic heterocycles. The molecule has 0 rings (SSSR count). The minimum Gasteiger partial charge on any atom is -0.391 e. The fourth-order valence-electron chi connectivity index (χ4n) is 0.591. The van der Waals surface area contributed by atoms with Crippen molar-refractivity contribution in [2.24, 2.45) is 5.92 Å². The molecular formula is C9H15NO2. The average molecular weight is 169 g/mol. The van der Waals surface area contributed by atoms with Crippen LogP contribution in [0.25, 0.3) is 0 Å². The summed E-state index contributed by atoms with van der Waals surface area (Å²) < 4.78 is 0. The molecule has 0 radical (unpaired) electrons. The van der Waals surface area contributed by atoms with E-state index in [2.05, 4.69) is 17.2 Å². The Labute approximate surface area is 73.2 Å². The average Bonchev–Trinajstić information content (AvgIpc) is 2.00. The van der Waals surface area contributed by atoms with Gasteiger partial charge in [-0.15, -0.1) is 0 Å². The van der Waals surface area contributed by atoms with Gasteiger partial charge in [-0.05, 0) is 18.8 Å². The molecule has 68 valence electrons. The van der Waals surface area contributed by atoms with E-state index >= 15 is 0 Å². The van der Waals surface area contributed by atoms with Crippen molar-refractivity contribution in [3.05, 3.63) is 0 Å². The summed E-state index contributed by atoms with van der Waals surface area (Å²) in [5.74, 6) is 4.62. The molecule has 1 unspecified atom stereocenters. The van der Waals surface area contributed by atoms with Crippen LogP contribution in [0.4, 0.5) is 0 Å². The summed E-state index contributed by atoms with van der Waals surface area (Å²) in [6.45, 7) is 5.65. The number of hydrogen-bond acceptors (Lipinski definition) is 2. The molecule has 3 nitrogen and oxygen atoms in total. The Morgan fingerprint density at radius 3 is 2.58 bits per heavy atom. The first-order valence-corrected chi connectivity index (χ1v) is 3.96. The monoisotopic (exact) mass is 169 g/mol. The maximum absolute atomic E-state index is 10.8. The summed E-state index contributed by atoms with van der Waals surface area (Å²) in [5, 5.41) is 11.8. The third kappa shape index (κ3) is 4.75. The Kier molecular flexibility index (Phi) is 5.14. The Hall–Kier alpha value is -1.01. The van der Waals surface area contributed by atoms with Gasteiger partial charge < -0.3 is 10.4 Å². The normalized spacial score (nSPS) is 11.8. The minimum atomic E-state index is -0.493. The Morgan fingerprint density at radius 2 is 2.17 bits per heavy atom. The van der Waals surface area contributed by atoms with Crippen molar-refractivity contribution in [3.8, 4) is 11.8 Å². The molecule has 0 aliphatic rings. The number of rotatable bonds is 3. The lowest BCUT2D eigenvalue weighted by molar-refractivity contribution is -0.116. The number of hydrogen-bond donors (Lipinski definition) is 2. The highest BCUT2D eigenvalue weighted by atomic mass is 16.3. The molecule has 0 fully saturated rings. The molecule has 3 heteroatoms. The quantitative estimate of drug-likeness (QED) is 0.590. The molecule has 0 aromatic carbocycles. The second kappa shape index (κ2) is 5.62. The smallest absolute Gasteiger partial charge is 0.295 e. The van der Waals surface area contributed by atoms with Crippen LogP contribution in [-0.2, 0) is 4.79 Å². The van der Waals surface area contributed by atoms with Crippen molar-refractivity contribution in [1.82, 2.24) is 5.32 Å². The first-order valence-electron chi connectivity index (χ1n) is 3.96. The van der Waals surface area contributed by atoms with Gasteiger partial charge in [0.1, 0.15) is 0 Å². The van der Waals surface area contributed by atoms with Gasteiger partial charge in [-0.25, -0.2) is 0 Å². The summed E-state index contributed by atoms with van der Waals surface area (Å²) >= 11 is 0. The van der Waals surface area contributed by atoms with Crippen LogP contribution < -0.4 is 5.32 Å². The first kappa shape index (κ1) is 11.0. The van der Waals surface area contributed by atoms with E-state index in [4.69, 9.17) is 0 Å². The Morgan fingerprint density at radius 1 is 1.58 bits per heavy atom. The van der Waals surface area contributed by atoms with Crippen LogP contribution in [0.3, 0.4) is 0 Å². The van der Waals surface area contributed by atoms with Crippen LogP contribution in [0, 0.1) is 17.8 Å². The molecule has 1 amide bonds. The number of carbonyl (C=O) groups excluding carboxylic acids is 1. The predicted octanol–water partition coefficient (Wildman–Crippen LogP) is 0.143. The van der Waals surface area contributed by atoms with E-state index in [0.29, 0.717) is 0 Å². The van der Waals surface area contributed by atoms with E-state index in [1.54, 1.807) is 6.92 Å². The van der Waals surface area contributed by atoms with Gasteiger partial charge >= 0.3 is 0 Å². The van der Waals surface area contributed by atoms with E-state index in [1.807, 2.05) is 13.8 Å². The molecule has 0 spiro atoms. The van der Waals surface area contributed by atoms with Crippen LogP contribution in [0.1, 0.15) is 20.8 Å². The topological polar surface area (TPSA) is 49.3 Å². The van der Waals surface area contributed by atoms with Gasteiger partial charge in [0.2, 0.25) is 0 Å². The number of carbonyl (C=O) groups is 1. The lowest BCUT2D eigenvalue weighted by Gasteiger charge is -2.13. The summed E-state index contributed by atoms with van der Waals surface area (Å²) in [6, 6.07) is 0. The van der Waals surface area contributed by atoms with Crippen molar-refractivity contribution in [3.63, 3.8) is 0 Å². The van der Waals surface area contributed by atoms with E-state index in [1.165, 1.54) is 0 Å². The molecule has 0 aliphatic carbocycles. The standard InChI is InChI=1S/C9H15NO2/c1-4-5-9(12)10-6-8(11)7(2)3/h7-8,11H,6H2,1-3H3,(H,10,12). The van der Waals surface area contributed by atoms with E-state index in [9.17, 15) is 9.90 Å². The van der Waals surface area contributed by atoms with Crippen molar-refractivity contribution in [2.75, 3.05) is 6.54 Å². The van der Waals surface area contributed by atoms with Gasteiger partial charge in [0.25, 0.3) is 5.91 Å². The highest BCUT2D eigenvalue weighted by molar-refractivity contribution is 5.93. The highest BCUT2D eigenvalue weighted by Crippen LogP contribution is 1.98. The van der Waals surface area contributed by atoms with Crippen LogP contribution in [0.15, 0.2) is 0 Å². The molecule has 1 atom stereocenters. The fourth-order valence-corrected chi connectivity index (χ4v) is 0.591. The van der Waals surface area contributed by atoms with E-state index in [-0.39, 0.29) is 18.4 Å². The number of amides is 1. The lowest BCUT2D eigenvalue weighted by atomic mass is 10.1. The first-order chi connectivity index (χ1) is 5.57. The van der Waals surface area contributed by atoms with Crippen LogP contribution in [-0.4, -0.2) is 23.7 Å². The number of aliphatic hydroxyl groups is 1. The summed E-state index contributed by atoms with van der Waals surface area (Å²) in [5.41, 5.74) is 0. The largest absolute Gasteiger partial charge is 0.391 e. The van der Waals surface area contributed by atoms with Gasteiger partial charge in [-0.2, -0.15) is 0 Å². The Bertz CT molecular complexity index is 200. The molecular weight excluding hydrogens is 154 g/mol. The van der Waals surface area contributed by atoms with E-state index < -0.39 is 6.10 Å². The molecule has 2 N–H and O–H groups in total. The molecule has 0 aliphatic heterocycles. The Balaban J connectivity index is 3.66. The summed E-state index contributed by atoms with van der Waals surface area (Å²) in [6.07, 6.45) is -0.493. The fraction of sp³-hybridized carbons (Fsp3) is 0.667. The molecule has 12 heavy (non-hydrogen) atoms. The van der Waals surface area contributed by atoms with E-state index in [0.717, 1.165) is 0 Å². The van der Waals surface area contributed by atoms with Crippen molar-refractivity contribution < 1.29 is 9.90 Å². The second-order valence-electron chi connectivity index (χ2n) is 2.90. The zero-order valence-electron chi connectivity index (χ0n) is 7.72. The summed E-state index contributed by atoms with van der Waals surface area (Å²) in [4.78, 5) is 10.8. The van der Waals surface area contributed by atoms with Crippen molar-refractivity contribution in [2.45, 2.75) is 26.9 Å². The van der Waals surface area contributed by atoms with Gasteiger partial charge in [0, 0.05) is 6.54 Å². The minimum absolute atomic E-state index is 0.153. The SMILES string of the molecule is CC#CC(=O)NCC(O)C(C)C. The molecule has 0 bridgehead atoms. The molecule has 0 saturated carbocycles. The maximum Gasteiger partial charge on any atom is 0.295 e.